The highest BCUT2D eigenvalue weighted by atomic mass is 35.5. The van der Waals surface area contributed by atoms with Gasteiger partial charge in [-0.3, -0.25) is 14.3 Å². The van der Waals surface area contributed by atoms with Crippen LogP contribution in [-0.4, -0.2) is 24.7 Å². The molecule has 0 unspecified atom stereocenters. The molecule has 9 heteroatoms. The summed E-state index contributed by atoms with van der Waals surface area (Å²) >= 11 is 6.31. The van der Waals surface area contributed by atoms with Crippen molar-refractivity contribution in [2.45, 2.75) is 0 Å². The third kappa shape index (κ3) is 2.56. The predicted molar refractivity (Wildman–Crippen MR) is 100 cm³/mol. The van der Waals surface area contributed by atoms with Crippen molar-refractivity contribution in [2.24, 2.45) is 7.05 Å². The fourth-order valence-electron chi connectivity index (χ4n) is 2.82. The molecule has 4 aromatic rings. The minimum absolute atomic E-state index is 0.155. The Labute approximate surface area is 151 Å². The van der Waals surface area contributed by atoms with Gasteiger partial charge in [0.2, 0.25) is 0 Å². The summed E-state index contributed by atoms with van der Waals surface area (Å²) < 4.78 is 1.62. The van der Waals surface area contributed by atoms with Crippen molar-refractivity contribution < 1.29 is 0 Å². The normalized spacial score (nSPS) is 11.2. The molecule has 0 atom stereocenters. The molecule has 0 fully saturated rings. The molecule has 0 aliphatic heterocycles. The number of nitrogens with zero attached hydrogens (tertiary/aromatic N) is 3. The van der Waals surface area contributed by atoms with Crippen LogP contribution in [0.1, 0.15) is 0 Å². The molecule has 0 saturated carbocycles. The number of halogens is 1. The minimum atomic E-state index is -0.512. The molecule has 8 nitrogen and oxygen atoms in total. The fraction of sp³-hybridized carbons (Fsp3) is 0.0588. The van der Waals surface area contributed by atoms with Crippen LogP contribution in [0.5, 0.6) is 0 Å². The maximum absolute atomic E-state index is 12.0. The van der Waals surface area contributed by atoms with E-state index in [0.717, 1.165) is 0 Å². The van der Waals surface area contributed by atoms with Gasteiger partial charge >= 0.3 is 0 Å². The van der Waals surface area contributed by atoms with E-state index in [9.17, 15) is 9.59 Å². The maximum Gasteiger partial charge on any atom is 0.290 e. The Morgan fingerprint density at radius 2 is 2.00 bits per heavy atom. The first-order chi connectivity index (χ1) is 12.4. The summed E-state index contributed by atoms with van der Waals surface area (Å²) in [6.45, 7) is 0. The van der Waals surface area contributed by atoms with Gasteiger partial charge in [-0.05, 0) is 29.7 Å². The number of nitrogens with one attached hydrogen (secondary N) is 2. The molecule has 130 valence electrons. The number of pyridine rings is 1. The molecule has 4 rings (SSSR count). The summed E-state index contributed by atoms with van der Waals surface area (Å²) in [5, 5.41) is 5.61. The van der Waals surface area contributed by atoms with E-state index in [2.05, 4.69) is 20.1 Å². The average molecular weight is 369 g/mol. The molecule has 3 aromatic heterocycles. The molecule has 3 heterocycles. The lowest BCUT2D eigenvalue weighted by atomic mass is 10.0. The van der Waals surface area contributed by atoms with Gasteiger partial charge in [0.25, 0.3) is 11.1 Å². The number of H-pyrrole nitrogens is 2. The van der Waals surface area contributed by atoms with Crippen LogP contribution in [0.25, 0.3) is 33.4 Å². The Kier molecular flexibility index (Phi) is 3.62. The number of hydrogen-bond acceptors (Lipinski definition) is 5. The van der Waals surface area contributed by atoms with Gasteiger partial charge in [0.15, 0.2) is 5.82 Å². The third-order valence-electron chi connectivity index (χ3n) is 4.01. The molecule has 0 spiro atoms. The van der Waals surface area contributed by atoms with Crippen LogP contribution in [-0.2, 0) is 7.05 Å². The largest absolute Gasteiger partial charge is 0.379 e. The van der Waals surface area contributed by atoms with Gasteiger partial charge in [0.1, 0.15) is 11.4 Å². The van der Waals surface area contributed by atoms with Crippen molar-refractivity contribution in [3.05, 3.63) is 62.4 Å². The third-order valence-corrected chi connectivity index (χ3v) is 4.31. The molecule has 0 aliphatic rings. The van der Waals surface area contributed by atoms with Crippen molar-refractivity contribution in [3.8, 4) is 22.6 Å². The van der Waals surface area contributed by atoms with Crippen LogP contribution in [0.3, 0.4) is 0 Å². The zero-order chi connectivity index (χ0) is 18.4. The van der Waals surface area contributed by atoms with E-state index in [1.807, 2.05) is 0 Å². The molecule has 0 bridgehead atoms. The standard InChI is InChI=1S/C17H13ClN6O2/c1-24-5-3-11(23-24)14-13(22-17(26)15(19)21-14)9-6-8-2-4-20-16(25)12(8)10(18)7-9/h2-7H,1H3,(H2,19,21)(H,20,25)(H,22,26). The molecule has 1 aromatic carbocycles. The van der Waals surface area contributed by atoms with Crippen LogP contribution in [0.2, 0.25) is 5.02 Å². The SMILES string of the molecule is Cn1ccc(-c2nc(N)c(=O)[nH]c2-c2cc(Cl)c3c(=O)[nH]ccc3c2)n1. The molecule has 0 saturated heterocycles. The first kappa shape index (κ1) is 16.1. The van der Waals surface area contributed by atoms with Gasteiger partial charge in [0.05, 0.1) is 16.1 Å². The van der Waals surface area contributed by atoms with E-state index in [1.54, 1.807) is 42.2 Å². The van der Waals surface area contributed by atoms with Gasteiger partial charge in [-0.15, -0.1) is 0 Å². The van der Waals surface area contributed by atoms with Crippen LogP contribution >= 0.6 is 11.6 Å². The van der Waals surface area contributed by atoms with E-state index in [0.29, 0.717) is 33.4 Å². The lowest BCUT2D eigenvalue weighted by Gasteiger charge is -2.10. The van der Waals surface area contributed by atoms with Crippen LogP contribution in [0.4, 0.5) is 5.82 Å². The van der Waals surface area contributed by atoms with Crippen molar-refractivity contribution >= 4 is 28.2 Å². The first-order valence-corrected chi connectivity index (χ1v) is 8.03. The van der Waals surface area contributed by atoms with Gasteiger partial charge in [-0.2, -0.15) is 5.10 Å². The number of rotatable bonds is 2. The molecular formula is C17H13ClN6O2. The van der Waals surface area contributed by atoms with Gasteiger partial charge in [-0.1, -0.05) is 11.6 Å². The minimum Gasteiger partial charge on any atom is -0.379 e. The summed E-state index contributed by atoms with van der Waals surface area (Å²) in [4.78, 5) is 33.6. The smallest absolute Gasteiger partial charge is 0.290 e. The Hall–Kier alpha value is -3.39. The van der Waals surface area contributed by atoms with Crippen LogP contribution in [0.15, 0.2) is 46.2 Å². The highest BCUT2D eigenvalue weighted by Gasteiger charge is 2.17. The Morgan fingerprint density at radius 3 is 2.73 bits per heavy atom. The molecule has 4 N–H and O–H groups in total. The monoisotopic (exact) mass is 368 g/mol. The zero-order valence-corrected chi connectivity index (χ0v) is 14.3. The van der Waals surface area contributed by atoms with Crippen molar-refractivity contribution in [1.29, 1.82) is 0 Å². The number of hydrogen-bond donors (Lipinski definition) is 3. The van der Waals surface area contributed by atoms with E-state index in [4.69, 9.17) is 17.3 Å². The van der Waals surface area contributed by atoms with Crippen LogP contribution < -0.4 is 16.9 Å². The highest BCUT2D eigenvalue weighted by Crippen LogP contribution is 2.32. The Balaban J connectivity index is 2.04. The number of aryl methyl sites for hydroxylation is 1. The lowest BCUT2D eigenvalue weighted by molar-refractivity contribution is 0.770. The second-order valence-electron chi connectivity index (χ2n) is 5.78. The van der Waals surface area contributed by atoms with E-state index in [-0.39, 0.29) is 16.4 Å². The summed E-state index contributed by atoms with van der Waals surface area (Å²) in [5.74, 6) is -0.155. The number of fused-ring (bicyclic) bond motifs is 1. The van der Waals surface area contributed by atoms with Gasteiger partial charge in [-0.25, -0.2) is 4.98 Å². The number of benzene rings is 1. The predicted octanol–water partition coefficient (Wildman–Crippen LogP) is 1.91. The number of aromatic nitrogens is 5. The first-order valence-electron chi connectivity index (χ1n) is 7.65. The number of nitrogens with two attached hydrogens (primary N) is 1. The molecule has 0 amide bonds. The fourth-order valence-corrected chi connectivity index (χ4v) is 3.13. The summed E-state index contributed by atoms with van der Waals surface area (Å²) in [7, 11) is 1.78. The molecule has 0 radical (unpaired) electrons. The van der Waals surface area contributed by atoms with Crippen LogP contribution in [0, 0.1) is 0 Å². The van der Waals surface area contributed by atoms with E-state index in [1.165, 1.54) is 6.20 Å². The average Bonchev–Trinajstić information content (AvgIpc) is 3.03. The van der Waals surface area contributed by atoms with E-state index < -0.39 is 5.56 Å². The van der Waals surface area contributed by atoms with Gasteiger partial charge in [0, 0.05) is 25.0 Å². The Bertz CT molecular complexity index is 1270. The van der Waals surface area contributed by atoms with E-state index >= 15 is 0 Å². The number of anilines is 1. The summed E-state index contributed by atoms with van der Waals surface area (Å²) in [5.41, 5.74) is 6.88. The topological polar surface area (TPSA) is 122 Å². The number of aromatic amines is 2. The molecule has 26 heavy (non-hydrogen) atoms. The van der Waals surface area contributed by atoms with Crippen molar-refractivity contribution in [2.75, 3.05) is 5.73 Å². The quantitative estimate of drug-likeness (QED) is 0.498. The Morgan fingerprint density at radius 1 is 1.19 bits per heavy atom. The maximum atomic E-state index is 12.0. The highest BCUT2D eigenvalue weighted by molar-refractivity contribution is 6.35. The molecular weight excluding hydrogens is 356 g/mol. The molecule has 0 aliphatic carbocycles. The second-order valence-corrected chi connectivity index (χ2v) is 6.19. The summed E-state index contributed by atoms with van der Waals surface area (Å²) in [6, 6.07) is 6.85. The second kappa shape index (κ2) is 5.85. The lowest BCUT2D eigenvalue weighted by Crippen LogP contribution is -2.16. The number of nitrogen functional groups attached to an aromatic ring is 1. The van der Waals surface area contributed by atoms with Crippen molar-refractivity contribution in [3.63, 3.8) is 0 Å². The zero-order valence-electron chi connectivity index (χ0n) is 13.6. The summed E-state index contributed by atoms with van der Waals surface area (Å²) in [6.07, 6.45) is 3.30. The van der Waals surface area contributed by atoms with Gasteiger partial charge < -0.3 is 15.7 Å². The van der Waals surface area contributed by atoms with Crippen molar-refractivity contribution in [1.82, 2.24) is 24.7 Å².